The standard InChI is InChI=1S/C16H25N5OS.HI/c1-12-5-6-14(19-10-12)21-15(22)7-8-18-16(17-2)20-11-13-4-3-9-23-13;/h5-6,10,13H,3-4,7-9,11H2,1-2H3,(H2,17,18,20)(H,19,21,22);1H. The van der Waals surface area contributed by atoms with Crippen molar-refractivity contribution in [2.75, 3.05) is 31.2 Å². The highest BCUT2D eigenvalue weighted by Gasteiger charge is 2.15. The van der Waals surface area contributed by atoms with E-state index >= 15 is 0 Å². The van der Waals surface area contributed by atoms with Gasteiger partial charge < -0.3 is 16.0 Å². The Hall–Kier alpha value is -1.03. The van der Waals surface area contributed by atoms with Crippen LogP contribution in [0.1, 0.15) is 24.8 Å². The molecule has 1 fully saturated rings. The maximum Gasteiger partial charge on any atom is 0.227 e. The van der Waals surface area contributed by atoms with E-state index in [0.717, 1.165) is 18.1 Å². The first-order chi connectivity index (χ1) is 11.2. The number of pyridine rings is 1. The molecule has 1 aromatic rings. The van der Waals surface area contributed by atoms with E-state index in [9.17, 15) is 4.79 Å². The molecule has 8 heteroatoms. The van der Waals surface area contributed by atoms with E-state index in [1.807, 2.05) is 24.8 Å². The highest BCUT2D eigenvalue weighted by molar-refractivity contribution is 14.0. The van der Waals surface area contributed by atoms with Gasteiger partial charge in [0.2, 0.25) is 5.91 Å². The van der Waals surface area contributed by atoms with Gasteiger partial charge in [-0.1, -0.05) is 6.07 Å². The zero-order chi connectivity index (χ0) is 16.5. The van der Waals surface area contributed by atoms with Crippen molar-refractivity contribution >= 4 is 53.4 Å². The van der Waals surface area contributed by atoms with E-state index in [4.69, 9.17) is 0 Å². The van der Waals surface area contributed by atoms with Gasteiger partial charge in [0.1, 0.15) is 5.82 Å². The smallest absolute Gasteiger partial charge is 0.227 e. The van der Waals surface area contributed by atoms with Gasteiger partial charge in [-0.05, 0) is 37.1 Å². The average Bonchev–Trinajstić information content (AvgIpc) is 3.06. The monoisotopic (exact) mass is 463 g/mol. The number of aliphatic imine (C=N–C) groups is 1. The molecule has 1 amide bonds. The quantitative estimate of drug-likeness (QED) is 0.343. The lowest BCUT2D eigenvalue weighted by Crippen LogP contribution is -2.41. The van der Waals surface area contributed by atoms with Crippen LogP contribution in [-0.4, -0.2) is 48.0 Å². The number of nitrogens with zero attached hydrogens (tertiary/aromatic N) is 2. The van der Waals surface area contributed by atoms with Crippen LogP contribution in [0.2, 0.25) is 0 Å². The fourth-order valence-electron chi connectivity index (χ4n) is 2.28. The second-order valence-electron chi connectivity index (χ2n) is 5.53. The van der Waals surface area contributed by atoms with Gasteiger partial charge in [-0.3, -0.25) is 9.79 Å². The van der Waals surface area contributed by atoms with Crippen molar-refractivity contribution in [2.45, 2.75) is 31.4 Å². The molecule has 1 unspecified atom stereocenters. The predicted molar refractivity (Wildman–Crippen MR) is 112 cm³/mol. The number of nitrogens with one attached hydrogen (secondary N) is 3. The molecule has 1 aliphatic rings. The van der Waals surface area contributed by atoms with Crippen molar-refractivity contribution in [2.24, 2.45) is 4.99 Å². The number of carbonyl (C=O) groups is 1. The number of carbonyl (C=O) groups excluding carboxylic acids is 1. The van der Waals surface area contributed by atoms with Crippen LogP contribution in [0.4, 0.5) is 5.82 Å². The Morgan fingerprint density at radius 2 is 2.25 bits per heavy atom. The molecule has 0 aromatic carbocycles. The molecular weight excluding hydrogens is 437 g/mol. The number of hydrogen-bond acceptors (Lipinski definition) is 4. The first-order valence-electron chi connectivity index (χ1n) is 7.96. The van der Waals surface area contributed by atoms with Crippen molar-refractivity contribution in [3.05, 3.63) is 23.9 Å². The SMILES string of the molecule is CN=C(NCCC(=O)Nc1ccc(C)cn1)NCC1CCCS1.I. The lowest BCUT2D eigenvalue weighted by molar-refractivity contribution is -0.116. The van der Waals surface area contributed by atoms with E-state index in [1.165, 1.54) is 18.6 Å². The van der Waals surface area contributed by atoms with Crippen molar-refractivity contribution in [3.63, 3.8) is 0 Å². The minimum Gasteiger partial charge on any atom is -0.356 e. The van der Waals surface area contributed by atoms with E-state index in [-0.39, 0.29) is 29.9 Å². The Morgan fingerprint density at radius 1 is 1.42 bits per heavy atom. The number of rotatable bonds is 6. The Bertz CT molecular complexity index is 532. The largest absolute Gasteiger partial charge is 0.356 e. The van der Waals surface area contributed by atoms with Crippen LogP contribution in [-0.2, 0) is 4.79 Å². The second-order valence-corrected chi connectivity index (χ2v) is 6.94. The van der Waals surface area contributed by atoms with Crippen LogP contribution < -0.4 is 16.0 Å². The molecule has 2 rings (SSSR count). The summed E-state index contributed by atoms with van der Waals surface area (Å²) < 4.78 is 0. The van der Waals surface area contributed by atoms with Crippen LogP contribution in [0.25, 0.3) is 0 Å². The lowest BCUT2D eigenvalue weighted by Gasteiger charge is -2.14. The molecule has 0 bridgehead atoms. The Morgan fingerprint density at radius 3 is 2.88 bits per heavy atom. The second kappa shape index (κ2) is 11.5. The molecule has 24 heavy (non-hydrogen) atoms. The van der Waals surface area contributed by atoms with Crippen molar-refractivity contribution in [1.82, 2.24) is 15.6 Å². The van der Waals surface area contributed by atoms with E-state index < -0.39 is 0 Å². The Labute approximate surface area is 165 Å². The highest BCUT2D eigenvalue weighted by atomic mass is 127. The van der Waals surface area contributed by atoms with Crippen molar-refractivity contribution in [3.8, 4) is 0 Å². The summed E-state index contributed by atoms with van der Waals surface area (Å²) in [4.78, 5) is 20.2. The van der Waals surface area contributed by atoms with Gasteiger partial charge in [-0.25, -0.2) is 4.98 Å². The van der Waals surface area contributed by atoms with Crippen molar-refractivity contribution < 1.29 is 4.79 Å². The Balaban J connectivity index is 0.00000288. The molecule has 1 saturated heterocycles. The normalized spacial score (nSPS) is 17.1. The number of hydrogen-bond donors (Lipinski definition) is 3. The van der Waals surface area contributed by atoms with Gasteiger partial charge in [0.05, 0.1) is 0 Å². The maximum absolute atomic E-state index is 11.9. The number of halogens is 1. The molecular formula is C16H26IN5OS. The first-order valence-corrected chi connectivity index (χ1v) is 9.01. The van der Waals surface area contributed by atoms with E-state index in [0.29, 0.717) is 24.0 Å². The minimum absolute atomic E-state index is 0. The summed E-state index contributed by atoms with van der Waals surface area (Å²) >= 11 is 2.01. The lowest BCUT2D eigenvalue weighted by atomic mass is 10.2. The molecule has 0 saturated carbocycles. The molecule has 6 nitrogen and oxygen atoms in total. The van der Waals surface area contributed by atoms with Crippen LogP contribution in [0, 0.1) is 6.92 Å². The van der Waals surface area contributed by atoms with Crippen LogP contribution >= 0.6 is 35.7 Å². The molecule has 1 aromatic heterocycles. The Kier molecular flexibility index (Phi) is 10.1. The van der Waals surface area contributed by atoms with Gasteiger partial charge in [0.15, 0.2) is 5.96 Å². The summed E-state index contributed by atoms with van der Waals surface area (Å²) in [6.45, 7) is 3.42. The molecule has 0 spiro atoms. The summed E-state index contributed by atoms with van der Waals surface area (Å²) in [5, 5.41) is 9.94. The zero-order valence-electron chi connectivity index (χ0n) is 14.2. The number of amides is 1. The molecule has 3 N–H and O–H groups in total. The summed E-state index contributed by atoms with van der Waals surface area (Å²) in [6.07, 6.45) is 4.67. The fraction of sp³-hybridized carbons (Fsp3) is 0.562. The number of aromatic nitrogens is 1. The average molecular weight is 463 g/mol. The first kappa shape index (κ1) is 21.0. The third kappa shape index (κ3) is 7.69. The predicted octanol–water partition coefficient (Wildman–Crippen LogP) is 2.40. The minimum atomic E-state index is -0.0596. The number of aryl methyl sites for hydroxylation is 1. The molecule has 134 valence electrons. The molecule has 0 aliphatic carbocycles. The van der Waals surface area contributed by atoms with Gasteiger partial charge in [0, 0.05) is 38.0 Å². The number of anilines is 1. The molecule has 1 aliphatic heterocycles. The van der Waals surface area contributed by atoms with Gasteiger partial charge in [0.25, 0.3) is 0 Å². The third-order valence-electron chi connectivity index (χ3n) is 3.57. The number of thioether (sulfide) groups is 1. The molecule has 1 atom stereocenters. The van der Waals surface area contributed by atoms with Gasteiger partial charge >= 0.3 is 0 Å². The zero-order valence-corrected chi connectivity index (χ0v) is 17.3. The summed E-state index contributed by atoms with van der Waals surface area (Å²) in [5.41, 5.74) is 1.07. The summed E-state index contributed by atoms with van der Waals surface area (Å²) in [6, 6.07) is 3.73. The van der Waals surface area contributed by atoms with Crippen molar-refractivity contribution in [1.29, 1.82) is 0 Å². The van der Waals surface area contributed by atoms with Crippen LogP contribution in [0.5, 0.6) is 0 Å². The third-order valence-corrected chi connectivity index (χ3v) is 4.97. The summed E-state index contributed by atoms with van der Waals surface area (Å²) in [5.74, 6) is 2.53. The number of guanidine groups is 1. The van der Waals surface area contributed by atoms with Gasteiger partial charge in [-0.15, -0.1) is 24.0 Å². The van der Waals surface area contributed by atoms with Crippen LogP contribution in [0.3, 0.4) is 0 Å². The summed E-state index contributed by atoms with van der Waals surface area (Å²) in [7, 11) is 1.74. The highest BCUT2D eigenvalue weighted by Crippen LogP contribution is 2.25. The van der Waals surface area contributed by atoms with Crippen LogP contribution in [0.15, 0.2) is 23.3 Å². The van der Waals surface area contributed by atoms with Gasteiger partial charge in [-0.2, -0.15) is 11.8 Å². The van der Waals surface area contributed by atoms with E-state index in [1.54, 1.807) is 19.3 Å². The van der Waals surface area contributed by atoms with E-state index in [2.05, 4.69) is 25.9 Å². The maximum atomic E-state index is 11.9. The topological polar surface area (TPSA) is 78.4 Å². The molecule has 2 heterocycles. The molecule has 0 radical (unpaired) electrons. The fourth-order valence-corrected chi connectivity index (χ4v) is 3.48.